The van der Waals surface area contributed by atoms with Crippen molar-refractivity contribution in [2.45, 2.75) is 33.6 Å². The third-order valence-corrected chi connectivity index (χ3v) is 6.28. The van der Waals surface area contributed by atoms with Crippen molar-refractivity contribution < 1.29 is 14.0 Å². The standard InChI is InChI=1S/C30H29FN2O2/c1-4-23-11-7-8-12-28(23)33(19-22-9-5-6-10-22)30(35)26-16-15-25(17-21(26)3)32-29(34)27-18-24(31)14-13-20(27)2/h5-9,11-18H,4,10,19H2,1-3H3,(H,32,34). The van der Waals surface area contributed by atoms with Gasteiger partial charge in [0, 0.05) is 29.0 Å². The highest BCUT2D eigenvalue weighted by Crippen LogP contribution is 2.27. The van der Waals surface area contributed by atoms with Crippen LogP contribution in [0.1, 0.15) is 50.8 Å². The molecule has 3 aromatic rings. The second-order valence-electron chi connectivity index (χ2n) is 8.77. The minimum Gasteiger partial charge on any atom is -0.322 e. The number of anilines is 2. The zero-order valence-electron chi connectivity index (χ0n) is 20.3. The number of hydrogen-bond acceptors (Lipinski definition) is 2. The summed E-state index contributed by atoms with van der Waals surface area (Å²) in [6.45, 7) is 6.22. The van der Waals surface area contributed by atoms with Gasteiger partial charge in [0.25, 0.3) is 11.8 Å². The van der Waals surface area contributed by atoms with Gasteiger partial charge < -0.3 is 10.2 Å². The molecule has 1 N–H and O–H groups in total. The van der Waals surface area contributed by atoms with Crippen LogP contribution < -0.4 is 10.2 Å². The third kappa shape index (κ3) is 5.40. The van der Waals surface area contributed by atoms with Crippen molar-refractivity contribution in [3.63, 3.8) is 0 Å². The molecule has 5 heteroatoms. The van der Waals surface area contributed by atoms with Crippen LogP contribution in [0.3, 0.4) is 0 Å². The summed E-state index contributed by atoms with van der Waals surface area (Å²) in [6, 6.07) is 17.4. The van der Waals surface area contributed by atoms with Crippen molar-refractivity contribution in [3.05, 3.63) is 118 Å². The number of benzene rings is 3. The summed E-state index contributed by atoms with van der Waals surface area (Å²) in [5.74, 6) is -0.937. The summed E-state index contributed by atoms with van der Waals surface area (Å²) >= 11 is 0. The van der Waals surface area contributed by atoms with E-state index in [9.17, 15) is 14.0 Å². The van der Waals surface area contributed by atoms with E-state index in [-0.39, 0.29) is 17.4 Å². The lowest BCUT2D eigenvalue weighted by Crippen LogP contribution is -2.34. The molecule has 0 saturated carbocycles. The first-order chi connectivity index (χ1) is 16.9. The van der Waals surface area contributed by atoms with E-state index < -0.39 is 5.82 Å². The number of carbonyl (C=O) groups excluding carboxylic acids is 2. The second-order valence-corrected chi connectivity index (χ2v) is 8.77. The number of hydrogen-bond donors (Lipinski definition) is 1. The van der Waals surface area contributed by atoms with Gasteiger partial charge in [-0.25, -0.2) is 4.39 Å². The largest absolute Gasteiger partial charge is 0.322 e. The van der Waals surface area contributed by atoms with E-state index in [0.717, 1.165) is 29.7 Å². The molecule has 0 unspecified atom stereocenters. The molecule has 4 nitrogen and oxygen atoms in total. The molecule has 0 spiro atoms. The van der Waals surface area contributed by atoms with Crippen LogP contribution in [0.5, 0.6) is 0 Å². The highest BCUT2D eigenvalue weighted by atomic mass is 19.1. The molecule has 0 heterocycles. The number of nitrogens with zero attached hydrogens (tertiary/aromatic N) is 1. The Kier molecular flexibility index (Phi) is 7.25. The average molecular weight is 469 g/mol. The lowest BCUT2D eigenvalue weighted by molar-refractivity contribution is 0.0987. The molecule has 0 aliphatic heterocycles. The maximum absolute atomic E-state index is 13.8. The molecule has 4 rings (SSSR count). The normalized spacial score (nSPS) is 12.4. The summed E-state index contributed by atoms with van der Waals surface area (Å²) in [6.07, 6.45) is 7.83. The van der Waals surface area contributed by atoms with Gasteiger partial charge in [0.2, 0.25) is 0 Å². The van der Waals surface area contributed by atoms with Crippen LogP contribution in [0.2, 0.25) is 0 Å². The molecular formula is C30H29FN2O2. The van der Waals surface area contributed by atoms with Crippen LogP contribution >= 0.6 is 0 Å². The molecule has 35 heavy (non-hydrogen) atoms. The van der Waals surface area contributed by atoms with Crippen molar-refractivity contribution in [1.29, 1.82) is 0 Å². The molecular weight excluding hydrogens is 439 g/mol. The lowest BCUT2D eigenvalue weighted by atomic mass is 10.0. The highest BCUT2D eigenvalue weighted by molar-refractivity contribution is 6.09. The van der Waals surface area contributed by atoms with Gasteiger partial charge in [0.1, 0.15) is 5.82 Å². The number of amides is 2. The topological polar surface area (TPSA) is 49.4 Å². The van der Waals surface area contributed by atoms with E-state index in [1.54, 1.807) is 31.2 Å². The first kappa shape index (κ1) is 24.1. The Bertz CT molecular complexity index is 1340. The minimum atomic E-state index is -0.460. The van der Waals surface area contributed by atoms with Crippen LogP contribution in [0.4, 0.5) is 15.8 Å². The molecule has 0 fully saturated rings. The van der Waals surface area contributed by atoms with E-state index in [2.05, 4.69) is 30.5 Å². The predicted octanol–water partition coefficient (Wildman–Crippen LogP) is 6.79. The maximum Gasteiger partial charge on any atom is 0.258 e. The fourth-order valence-electron chi connectivity index (χ4n) is 4.32. The van der Waals surface area contributed by atoms with E-state index in [1.165, 1.54) is 17.7 Å². The van der Waals surface area contributed by atoms with E-state index in [1.807, 2.05) is 36.1 Å². The summed E-state index contributed by atoms with van der Waals surface area (Å²) in [5.41, 5.74) is 6.04. The van der Waals surface area contributed by atoms with Crippen molar-refractivity contribution in [3.8, 4) is 0 Å². The quantitative estimate of drug-likeness (QED) is 0.415. The van der Waals surface area contributed by atoms with Crippen LogP contribution in [-0.4, -0.2) is 18.4 Å². The van der Waals surface area contributed by atoms with Gasteiger partial charge in [-0.3, -0.25) is 9.59 Å². The minimum absolute atomic E-state index is 0.0879. The van der Waals surface area contributed by atoms with Crippen LogP contribution in [0, 0.1) is 19.7 Å². The first-order valence-corrected chi connectivity index (χ1v) is 11.8. The van der Waals surface area contributed by atoms with E-state index in [4.69, 9.17) is 0 Å². The van der Waals surface area contributed by atoms with Crippen molar-refractivity contribution in [2.75, 3.05) is 16.8 Å². The zero-order valence-corrected chi connectivity index (χ0v) is 20.3. The van der Waals surface area contributed by atoms with Crippen molar-refractivity contribution in [1.82, 2.24) is 0 Å². The fourth-order valence-corrected chi connectivity index (χ4v) is 4.32. The highest BCUT2D eigenvalue weighted by Gasteiger charge is 2.23. The Morgan fingerprint density at radius 1 is 0.971 bits per heavy atom. The third-order valence-electron chi connectivity index (χ3n) is 6.28. The number of aryl methyl sites for hydroxylation is 3. The second kappa shape index (κ2) is 10.5. The van der Waals surface area contributed by atoms with Gasteiger partial charge in [-0.2, -0.15) is 0 Å². The van der Waals surface area contributed by atoms with E-state index in [0.29, 0.717) is 23.4 Å². The number of rotatable bonds is 7. The number of halogens is 1. The Morgan fingerprint density at radius 3 is 2.49 bits per heavy atom. The van der Waals surface area contributed by atoms with Gasteiger partial charge in [0.05, 0.1) is 0 Å². The van der Waals surface area contributed by atoms with E-state index >= 15 is 0 Å². The molecule has 0 saturated heterocycles. The van der Waals surface area contributed by atoms with Gasteiger partial charge in [-0.05, 0) is 85.4 Å². The van der Waals surface area contributed by atoms with Crippen LogP contribution in [0.25, 0.3) is 0 Å². The van der Waals surface area contributed by atoms with Gasteiger partial charge in [-0.15, -0.1) is 0 Å². The first-order valence-electron chi connectivity index (χ1n) is 11.8. The molecule has 3 aromatic carbocycles. The van der Waals surface area contributed by atoms with Gasteiger partial charge in [0.15, 0.2) is 0 Å². The number of allylic oxidation sites excluding steroid dienone is 3. The fraction of sp³-hybridized carbons (Fsp3) is 0.200. The maximum atomic E-state index is 13.8. The van der Waals surface area contributed by atoms with Gasteiger partial charge in [-0.1, -0.05) is 49.4 Å². The van der Waals surface area contributed by atoms with Crippen molar-refractivity contribution >= 4 is 23.2 Å². The summed E-state index contributed by atoms with van der Waals surface area (Å²) < 4.78 is 13.6. The molecule has 0 radical (unpaired) electrons. The Morgan fingerprint density at radius 2 is 1.77 bits per heavy atom. The molecule has 1 aliphatic carbocycles. The van der Waals surface area contributed by atoms with Crippen LogP contribution in [-0.2, 0) is 6.42 Å². The molecule has 178 valence electrons. The summed E-state index contributed by atoms with van der Waals surface area (Å²) in [5, 5.41) is 2.82. The molecule has 2 amide bonds. The summed E-state index contributed by atoms with van der Waals surface area (Å²) in [7, 11) is 0. The number of nitrogens with one attached hydrogen (secondary N) is 1. The zero-order chi connectivity index (χ0) is 24.9. The monoisotopic (exact) mass is 468 g/mol. The summed E-state index contributed by atoms with van der Waals surface area (Å²) in [4.78, 5) is 28.4. The Hall–Kier alpha value is -3.99. The Labute approximate surface area is 205 Å². The predicted molar refractivity (Wildman–Crippen MR) is 140 cm³/mol. The molecule has 0 atom stereocenters. The smallest absolute Gasteiger partial charge is 0.258 e. The molecule has 0 aromatic heterocycles. The SMILES string of the molecule is CCc1ccccc1N(CC1=CC=CC1)C(=O)c1ccc(NC(=O)c2cc(F)ccc2C)cc1C. The lowest BCUT2D eigenvalue weighted by Gasteiger charge is -2.27. The van der Waals surface area contributed by atoms with Crippen molar-refractivity contribution in [2.24, 2.45) is 0 Å². The number of para-hydroxylation sites is 1. The number of carbonyl (C=O) groups is 2. The molecule has 0 bridgehead atoms. The average Bonchev–Trinajstić information content (AvgIpc) is 3.37. The molecule has 1 aliphatic rings. The Balaban J connectivity index is 1.61. The van der Waals surface area contributed by atoms with Crippen LogP contribution in [0.15, 0.2) is 84.5 Å². The van der Waals surface area contributed by atoms with Gasteiger partial charge >= 0.3 is 0 Å².